The number of rotatable bonds is 4. The van der Waals surface area contributed by atoms with E-state index in [0.29, 0.717) is 0 Å². The third-order valence-electron chi connectivity index (χ3n) is 2.41. The minimum absolute atomic E-state index is 0.0759. The lowest BCUT2D eigenvalue weighted by Crippen LogP contribution is -2.17. The van der Waals surface area contributed by atoms with Crippen LogP contribution in [0, 0.1) is 17.3 Å². The molecule has 0 aliphatic rings. The minimum atomic E-state index is 0.0759. The lowest BCUT2D eigenvalue weighted by Gasteiger charge is -2.14. The van der Waals surface area contributed by atoms with Crippen LogP contribution in [-0.4, -0.2) is 18.5 Å². The Balaban J connectivity index is 2.41. The number of nitrogens with zero attached hydrogens (tertiary/aromatic N) is 1. The standard InChI is InChI=1S/C17H22BrN/c1-17(2,3)11-6-5-7-12-19(4)14-15-9-8-10-16(18)13-15/h5,7-10,13H,12,14H2,1-4H3. The lowest BCUT2D eigenvalue weighted by atomic mass is 9.98. The molecule has 0 spiro atoms. The van der Waals surface area contributed by atoms with Crippen LogP contribution in [0.4, 0.5) is 0 Å². The van der Waals surface area contributed by atoms with Crippen molar-refractivity contribution in [2.75, 3.05) is 13.6 Å². The molecule has 0 unspecified atom stereocenters. The average molecular weight is 320 g/mol. The zero-order valence-corrected chi connectivity index (χ0v) is 13.8. The van der Waals surface area contributed by atoms with Gasteiger partial charge < -0.3 is 0 Å². The fourth-order valence-electron chi connectivity index (χ4n) is 1.56. The van der Waals surface area contributed by atoms with Gasteiger partial charge in [-0.05, 0) is 51.6 Å². The molecule has 0 atom stereocenters. The summed E-state index contributed by atoms with van der Waals surface area (Å²) in [5.74, 6) is 6.28. The maximum Gasteiger partial charge on any atom is 0.0234 e. The molecule has 0 aliphatic heterocycles. The number of allylic oxidation sites excluding steroid dienone is 1. The summed E-state index contributed by atoms with van der Waals surface area (Å²) in [7, 11) is 2.11. The van der Waals surface area contributed by atoms with Crippen molar-refractivity contribution in [1.29, 1.82) is 0 Å². The molecule has 1 nitrogen and oxygen atoms in total. The zero-order valence-electron chi connectivity index (χ0n) is 12.2. The second-order valence-corrected chi connectivity index (χ2v) is 6.66. The van der Waals surface area contributed by atoms with Crippen LogP contribution >= 0.6 is 15.9 Å². The Morgan fingerprint density at radius 1 is 1.32 bits per heavy atom. The molecular weight excluding hydrogens is 298 g/mol. The van der Waals surface area contributed by atoms with Gasteiger partial charge in [-0.1, -0.05) is 46.0 Å². The van der Waals surface area contributed by atoms with Crippen LogP contribution in [-0.2, 0) is 6.54 Å². The summed E-state index contributed by atoms with van der Waals surface area (Å²) in [6, 6.07) is 8.41. The first-order chi connectivity index (χ1) is 8.87. The van der Waals surface area contributed by atoms with E-state index in [9.17, 15) is 0 Å². The predicted octanol–water partition coefficient (Wildman–Crippen LogP) is 4.49. The van der Waals surface area contributed by atoms with Gasteiger partial charge in [0, 0.05) is 23.0 Å². The maximum absolute atomic E-state index is 3.49. The van der Waals surface area contributed by atoms with Gasteiger partial charge in [-0.15, -0.1) is 0 Å². The number of hydrogen-bond donors (Lipinski definition) is 0. The Morgan fingerprint density at radius 2 is 2.05 bits per heavy atom. The van der Waals surface area contributed by atoms with E-state index in [1.807, 2.05) is 12.1 Å². The Bertz CT molecular complexity index is 486. The predicted molar refractivity (Wildman–Crippen MR) is 86.8 cm³/mol. The summed E-state index contributed by atoms with van der Waals surface area (Å²) in [4.78, 5) is 2.26. The van der Waals surface area contributed by atoms with Crippen LogP contribution in [0.2, 0.25) is 0 Å². The highest BCUT2D eigenvalue weighted by Gasteiger charge is 2.02. The van der Waals surface area contributed by atoms with E-state index in [1.54, 1.807) is 0 Å². The Labute approximate surface area is 125 Å². The molecule has 0 heterocycles. The van der Waals surface area contributed by atoms with Crippen LogP contribution in [0.15, 0.2) is 40.9 Å². The molecule has 0 saturated heterocycles. The summed E-state index contributed by atoms with van der Waals surface area (Å²) in [6.45, 7) is 8.20. The molecule has 1 aromatic rings. The molecule has 0 aromatic heterocycles. The van der Waals surface area contributed by atoms with Crippen molar-refractivity contribution in [3.63, 3.8) is 0 Å². The Morgan fingerprint density at radius 3 is 2.68 bits per heavy atom. The van der Waals surface area contributed by atoms with E-state index in [2.05, 4.69) is 84.8 Å². The largest absolute Gasteiger partial charge is 0.298 e. The van der Waals surface area contributed by atoms with Crippen LogP contribution < -0.4 is 0 Å². The number of hydrogen-bond acceptors (Lipinski definition) is 1. The van der Waals surface area contributed by atoms with E-state index in [0.717, 1.165) is 17.6 Å². The van der Waals surface area contributed by atoms with Crippen LogP contribution in [0.3, 0.4) is 0 Å². The molecule has 0 saturated carbocycles. The summed E-state index contributed by atoms with van der Waals surface area (Å²) in [5, 5.41) is 0. The Hall–Kier alpha value is -1.04. The van der Waals surface area contributed by atoms with Crippen LogP contribution in [0.25, 0.3) is 0 Å². The average Bonchev–Trinajstić information content (AvgIpc) is 2.26. The molecule has 0 aliphatic carbocycles. The van der Waals surface area contributed by atoms with Gasteiger partial charge in [-0.3, -0.25) is 4.90 Å². The SMILES string of the molecule is CN(CC=CC#CC(C)(C)C)Cc1cccc(Br)c1. The van der Waals surface area contributed by atoms with Crippen molar-refractivity contribution >= 4 is 15.9 Å². The van der Waals surface area contributed by atoms with Gasteiger partial charge in [-0.2, -0.15) is 0 Å². The van der Waals surface area contributed by atoms with Crippen molar-refractivity contribution < 1.29 is 0 Å². The van der Waals surface area contributed by atoms with E-state index in [1.165, 1.54) is 5.56 Å². The molecule has 0 bridgehead atoms. The molecular formula is C17H22BrN. The first kappa shape index (κ1) is 16.0. The summed E-state index contributed by atoms with van der Waals surface area (Å²) < 4.78 is 1.13. The van der Waals surface area contributed by atoms with Gasteiger partial charge in [-0.25, -0.2) is 0 Å². The summed E-state index contributed by atoms with van der Waals surface area (Å²) in [5.41, 5.74) is 1.39. The van der Waals surface area contributed by atoms with Crippen molar-refractivity contribution in [1.82, 2.24) is 4.90 Å². The summed E-state index contributed by atoms with van der Waals surface area (Å²) in [6.07, 6.45) is 4.05. The van der Waals surface area contributed by atoms with E-state index >= 15 is 0 Å². The van der Waals surface area contributed by atoms with E-state index < -0.39 is 0 Å². The van der Waals surface area contributed by atoms with Crippen LogP contribution in [0.1, 0.15) is 26.3 Å². The number of benzene rings is 1. The molecule has 2 heteroatoms. The molecule has 0 N–H and O–H groups in total. The molecule has 1 aromatic carbocycles. The second kappa shape index (κ2) is 7.53. The van der Waals surface area contributed by atoms with Crippen molar-refractivity contribution in [2.45, 2.75) is 27.3 Å². The fourth-order valence-corrected chi connectivity index (χ4v) is 2.01. The highest BCUT2D eigenvalue weighted by atomic mass is 79.9. The number of likely N-dealkylation sites (N-methyl/N-ethyl adjacent to an activating group) is 1. The normalized spacial score (nSPS) is 11.7. The molecule has 102 valence electrons. The third-order valence-corrected chi connectivity index (χ3v) is 2.90. The highest BCUT2D eigenvalue weighted by molar-refractivity contribution is 9.10. The first-order valence-electron chi connectivity index (χ1n) is 6.47. The third kappa shape index (κ3) is 7.87. The van der Waals surface area contributed by atoms with E-state index in [-0.39, 0.29) is 5.41 Å². The fraction of sp³-hybridized carbons (Fsp3) is 0.412. The minimum Gasteiger partial charge on any atom is -0.298 e. The smallest absolute Gasteiger partial charge is 0.0234 e. The van der Waals surface area contributed by atoms with Crippen molar-refractivity contribution in [3.05, 3.63) is 46.5 Å². The zero-order chi connectivity index (χ0) is 14.3. The topological polar surface area (TPSA) is 3.24 Å². The number of halogens is 1. The molecule has 0 radical (unpaired) electrons. The monoisotopic (exact) mass is 319 g/mol. The van der Waals surface area contributed by atoms with Crippen LogP contribution in [0.5, 0.6) is 0 Å². The van der Waals surface area contributed by atoms with Gasteiger partial charge in [0.15, 0.2) is 0 Å². The molecule has 19 heavy (non-hydrogen) atoms. The lowest BCUT2D eigenvalue weighted by molar-refractivity contribution is 0.363. The maximum atomic E-state index is 3.49. The molecule has 0 fully saturated rings. The molecule has 0 amide bonds. The summed E-state index contributed by atoms with van der Waals surface area (Å²) >= 11 is 3.49. The van der Waals surface area contributed by atoms with Gasteiger partial charge >= 0.3 is 0 Å². The highest BCUT2D eigenvalue weighted by Crippen LogP contribution is 2.13. The first-order valence-corrected chi connectivity index (χ1v) is 7.27. The second-order valence-electron chi connectivity index (χ2n) is 5.75. The quantitative estimate of drug-likeness (QED) is 0.739. The van der Waals surface area contributed by atoms with Gasteiger partial charge in [0.1, 0.15) is 0 Å². The molecule has 1 rings (SSSR count). The van der Waals surface area contributed by atoms with Crippen molar-refractivity contribution in [2.24, 2.45) is 5.41 Å². The van der Waals surface area contributed by atoms with Gasteiger partial charge in [0.05, 0.1) is 0 Å². The van der Waals surface area contributed by atoms with Gasteiger partial charge in [0.2, 0.25) is 0 Å². The van der Waals surface area contributed by atoms with E-state index in [4.69, 9.17) is 0 Å². The van der Waals surface area contributed by atoms with Crippen molar-refractivity contribution in [3.8, 4) is 11.8 Å². The Kier molecular flexibility index (Phi) is 6.34. The van der Waals surface area contributed by atoms with Gasteiger partial charge in [0.25, 0.3) is 0 Å².